The third-order valence-corrected chi connectivity index (χ3v) is 2.82. The highest BCUT2D eigenvalue weighted by Gasteiger charge is 2.26. The molecule has 116 valence electrons. The second-order valence-electron chi connectivity index (χ2n) is 5.77. The minimum absolute atomic E-state index is 0.0391. The fraction of sp³-hybridized carbons (Fsp3) is 0.333. The van der Waals surface area contributed by atoms with Crippen LogP contribution in [0.1, 0.15) is 36.9 Å². The molecule has 0 amide bonds. The Hall–Kier alpha value is -2.70. The van der Waals surface area contributed by atoms with Crippen molar-refractivity contribution in [3.8, 4) is 11.3 Å². The highest BCUT2D eigenvalue weighted by molar-refractivity contribution is 5.97. The molecule has 0 N–H and O–H groups in total. The van der Waals surface area contributed by atoms with E-state index >= 15 is 0 Å². The lowest BCUT2D eigenvalue weighted by molar-refractivity contribution is -0.384. The van der Waals surface area contributed by atoms with Gasteiger partial charge in [0.1, 0.15) is 22.6 Å². The topological polar surface area (TPSA) is 95.5 Å². The van der Waals surface area contributed by atoms with Crippen LogP contribution in [0.4, 0.5) is 5.69 Å². The minimum atomic E-state index is -0.645. The molecule has 0 aliphatic carbocycles. The molecule has 0 fully saturated rings. The highest BCUT2D eigenvalue weighted by Crippen LogP contribution is 2.28. The summed E-state index contributed by atoms with van der Waals surface area (Å²) in [5, 5.41) is 14.5. The number of hydrogen-bond acceptors (Lipinski definition) is 6. The molecule has 7 heteroatoms. The minimum Gasteiger partial charge on any atom is -0.456 e. The zero-order valence-corrected chi connectivity index (χ0v) is 12.7. The summed E-state index contributed by atoms with van der Waals surface area (Å²) in [6.45, 7) is 6.90. The molecule has 7 nitrogen and oxygen atoms in total. The van der Waals surface area contributed by atoms with Gasteiger partial charge in [-0.1, -0.05) is 5.16 Å². The summed E-state index contributed by atoms with van der Waals surface area (Å²) in [6.07, 6.45) is 0. The van der Waals surface area contributed by atoms with Crippen LogP contribution >= 0.6 is 0 Å². The van der Waals surface area contributed by atoms with Crippen molar-refractivity contribution in [2.75, 3.05) is 0 Å². The Morgan fingerprint density at radius 2 is 1.86 bits per heavy atom. The standard InChI is InChI=1S/C15H16N2O5/c1-9-12(14(18)21-15(2,3)4)13(16-22-9)10-5-7-11(8-6-10)17(19)20/h5-8H,1-4H3. The van der Waals surface area contributed by atoms with Gasteiger partial charge in [-0.25, -0.2) is 4.79 Å². The van der Waals surface area contributed by atoms with Crippen LogP contribution in [0.2, 0.25) is 0 Å². The molecule has 0 bridgehead atoms. The van der Waals surface area contributed by atoms with E-state index in [2.05, 4.69) is 5.16 Å². The van der Waals surface area contributed by atoms with Crippen LogP contribution in [-0.4, -0.2) is 21.7 Å². The van der Waals surface area contributed by atoms with E-state index in [0.29, 0.717) is 17.0 Å². The summed E-state index contributed by atoms with van der Waals surface area (Å²) in [5.41, 5.74) is 0.393. The zero-order valence-electron chi connectivity index (χ0n) is 12.7. The van der Waals surface area contributed by atoms with E-state index in [1.165, 1.54) is 24.3 Å². The van der Waals surface area contributed by atoms with Crippen LogP contribution < -0.4 is 0 Å². The number of aromatic nitrogens is 1. The SMILES string of the molecule is Cc1onc(-c2ccc([N+](=O)[O-])cc2)c1C(=O)OC(C)(C)C. The maximum Gasteiger partial charge on any atom is 0.344 e. The van der Waals surface area contributed by atoms with Crippen LogP contribution in [0.15, 0.2) is 28.8 Å². The Balaban J connectivity index is 2.41. The van der Waals surface area contributed by atoms with Crippen LogP contribution in [0.25, 0.3) is 11.3 Å². The van der Waals surface area contributed by atoms with Crippen LogP contribution in [0, 0.1) is 17.0 Å². The largest absolute Gasteiger partial charge is 0.456 e. The van der Waals surface area contributed by atoms with Gasteiger partial charge in [0.05, 0.1) is 4.92 Å². The first-order chi connectivity index (χ1) is 10.2. The fourth-order valence-electron chi connectivity index (χ4n) is 1.88. The summed E-state index contributed by atoms with van der Waals surface area (Å²) in [5.74, 6) is -0.206. The number of ether oxygens (including phenoxy) is 1. The van der Waals surface area contributed by atoms with Crippen LogP contribution in [0.5, 0.6) is 0 Å². The second-order valence-corrected chi connectivity index (χ2v) is 5.77. The van der Waals surface area contributed by atoms with Crippen molar-refractivity contribution in [3.05, 3.63) is 45.7 Å². The summed E-state index contributed by atoms with van der Waals surface area (Å²) in [4.78, 5) is 22.5. The average molecular weight is 304 g/mol. The first-order valence-electron chi connectivity index (χ1n) is 6.63. The lowest BCUT2D eigenvalue weighted by atomic mass is 10.1. The molecule has 1 heterocycles. The number of rotatable bonds is 3. The highest BCUT2D eigenvalue weighted by atomic mass is 16.6. The van der Waals surface area contributed by atoms with Gasteiger partial charge < -0.3 is 9.26 Å². The number of aryl methyl sites for hydroxylation is 1. The van der Waals surface area contributed by atoms with Gasteiger partial charge in [-0.2, -0.15) is 0 Å². The third-order valence-electron chi connectivity index (χ3n) is 2.82. The molecular weight excluding hydrogens is 288 g/mol. The number of benzene rings is 1. The Kier molecular flexibility index (Phi) is 3.99. The molecule has 2 aromatic rings. The molecule has 0 unspecified atom stereocenters. The molecule has 0 saturated carbocycles. The number of hydrogen-bond donors (Lipinski definition) is 0. The average Bonchev–Trinajstić information content (AvgIpc) is 2.79. The molecule has 0 saturated heterocycles. The summed E-state index contributed by atoms with van der Waals surface area (Å²) in [7, 11) is 0. The number of nitro benzene ring substituents is 1. The van der Waals surface area contributed by atoms with Crippen LogP contribution in [-0.2, 0) is 4.74 Å². The van der Waals surface area contributed by atoms with E-state index in [-0.39, 0.29) is 11.3 Å². The quantitative estimate of drug-likeness (QED) is 0.489. The Morgan fingerprint density at radius 3 is 2.36 bits per heavy atom. The molecule has 0 radical (unpaired) electrons. The van der Waals surface area contributed by atoms with Gasteiger partial charge in [-0.05, 0) is 39.8 Å². The van der Waals surface area contributed by atoms with Crippen molar-refractivity contribution < 1.29 is 19.0 Å². The zero-order chi connectivity index (χ0) is 16.5. The normalized spacial score (nSPS) is 11.3. The van der Waals surface area contributed by atoms with E-state index < -0.39 is 16.5 Å². The monoisotopic (exact) mass is 304 g/mol. The molecule has 22 heavy (non-hydrogen) atoms. The van der Waals surface area contributed by atoms with Gasteiger partial charge >= 0.3 is 5.97 Å². The van der Waals surface area contributed by atoms with Crippen molar-refractivity contribution in [1.82, 2.24) is 5.16 Å². The second kappa shape index (κ2) is 5.59. The number of nitrogens with zero attached hydrogens (tertiary/aromatic N) is 2. The first-order valence-corrected chi connectivity index (χ1v) is 6.63. The third kappa shape index (κ3) is 3.30. The molecule has 2 rings (SSSR count). The fourth-order valence-corrected chi connectivity index (χ4v) is 1.88. The molecule has 0 atom stereocenters. The lowest BCUT2D eigenvalue weighted by Crippen LogP contribution is -2.24. The molecular formula is C15H16N2O5. The summed E-state index contributed by atoms with van der Waals surface area (Å²) < 4.78 is 10.4. The van der Waals surface area contributed by atoms with E-state index in [0.717, 1.165) is 0 Å². The molecule has 1 aromatic heterocycles. The molecule has 0 aliphatic rings. The molecule has 0 aliphatic heterocycles. The van der Waals surface area contributed by atoms with E-state index in [4.69, 9.17) is 9.26 Å². The maximum atomic E-state index is 12.3. The molecule has 0 spiro atoms. The van der Waals surface area contributed by atoms with Crippen molar-refractivity contribution in [2.45, 2.75) is 33.3 Å². The summed E-state index contributed by atoms with van der Waals surface area (Å²) in [6, 6.07) is 5.73. The van der Waals surface area contributed by atoms with E-state index in [1.54, 1.807) is 27.7 Å². The number of carbonyl (C=O) groups is 1. The number of nitro groups is 1. The van der Waals surface area contributed by atoms with Gasteiger partial charge in [-0.15, -0.1) is 0 Å². The van der Waals surface area contributed by atoms with E-state index in [1.807, 2.05) is 0 Å². The Morgan fingerprint density at radius 1 is 1.27 bits per heavy atom. The summed E-state index contributed by atoms with van der Waals surface area (Å²) >= 11 is 0. The van der Waals surface area contributed by atoms with Crippen LogP contribution in [0.3, 0.4) is 0 Å². The van der Waals surface area contributed by atoms with Crippen molar-refractivity contribution in [1.29, 1.82) is 0 Å². The van der Waals surface area contributed by atoms with Gasteiger partial charge in [-0.3, -0.25) is 10.1 Å². The predicted molar refractivity (Wildman–Crippen MR) is 78.5 cm³/mol. The maximum absolute atomic E-state index is 12.3. The number of carbonyl (C=O) groups excluding carboxylic acids is 1. The van der Waals surface area contributed by atoms with Gasteiger partial charge in [0, 0.05) is 17.7 Å². The Bertz CT molecular complexity index is 711. The van der Waals surface area contributed by atoms with Gasteiger partial charge in [0.2, 0.25) is 0 Å². The van der Waals surface area contributed by atoms with Gasteiger partial charge in [0.25, 0.3) is 5.69 Å². The van der Waals surface area contributed by atoms with Gasteiger partial charge in [0.15, 0.2) is 0 Å². The lowest BCUT2D eigenvalue weighted by Gasteiger charge is -2.19. The molecule has 1 aromatic carbocycles. The number of esters is 1. The van der Waals surface area contributed by atoms with Crippen molar-refractivity contribution in [3.63, 3.8) is 0 Å². The number of non-ortho nitro benzene ring substituents is 1. The Labute approximate surface area is 127 Å². The smallest absolute Gasteiger partial charge is 0.344 e. The van der Waals surface area contributed by atoms with Crippen molar-refractivity contribution in [2.24, 2.45) is 0 Å². The van der Waals surface area contributed by atoms with E-state index in [9.17, 15) is 14.9 Å². The predicted octanol–water partition coefficient (Wildman–Crippen LogP) is 3.51. The first kappa shape index (κ1) is 15.7. The van der Waals surface area contributed by atoms with Crippen molar-refractivity contribution >= 4 is 11.7 Å².